The minimum absolute atomic E-state index is 0.120. The van der Waals surface area contributed by atoms with Gasteiger partial charge in [-0.05, 0) is 42.1 Å². The number of carboxylic acids is 1. The third-order valence-corrected chi connectivity index (χ3v) is 6.17. The SMILES string of the molecule is CC(=O)N[C@@H](CCCCN)C(=O)NC(CS)C(=O)N[C@@H](CC(=O)O)C(=O)NCc1cccc2ccccc12. The van der Waals surface area contributed by atoms with Crippen LogP contribution in [0.15, 0.2) is 42.5 Å². The molecule has 2 rings (SSSR count). The van der Waals surface area contributed by atoms with Gasteiger partial charge in [-0.3, -0.25) is 24.0 Å². The van der Waals surface area contributed by atoms with Crippen LogP contribution in [0.25, 0.3) is 10.8 Å². The largest absolute Gasteiger partial charge is 0.481 e. The number of aliphatic carboxylic acids is 1. The number of carboxylic acid groups (broad SMARTS) is 1. The van der Waals surface area contributed by atoms with Crippen LogP contribution >= 0.6 is 12.6 Å². The molecule has 0 aromatic heterocycles. The molecule has 206 valence electrons. The first kappa shape index (κ1) is 30.6. The number of nitrogens with two attached hydrogens (primary N) is 1. The molecule has 2 aromatic carbocycles. The van der Waals surface area contributed by atoms with Crippen LogP contribution in [0.1, 0.15) is 38.2 Å². The van der Waals surface area contributed by atoms with Crippen molar-refractivity contribution in [3.8, 4) is 0 Å². The van der Waals surface area contributed by atoms with E-state index in [1.54, 1.807) is 0 Å². The average Bonchev–Trinajstić information content (AvgIpc) is 2.88. The quantitative estimate of drug-likeness (QED) is 0.125. The number of thiol groups is 1. The van der Waals surface area contributed by atoms with Gasteiger partial charge in [-0.2, -0.15) is 12.6 Å². The number of amides is 4. The smallest absolute Gasteiger partial charge is 0.305 e. The molecule has 0 fully saturated rings. The fourth-order valence-corrected chi connectivity index (χ4v) is 4.14. The van der Waals surface area contributed by atoms with Crippen LogP contribution in [-0.2, 0) is 30.5 Å². The molecule has 3 atom stereocenters. The number of fused-ring (bicyclic) bond motifs is 1. The first-order valence-corrected chi connectivity index (χ1v) is 12.9. The highest BCUT2D eigenvalue weighted by atomic mass is 32.1. The van der Waals surface area contributed by atoms with Crippen molar-refractivity contribution >= 4 is 53.0 Å². The topological polar surface area (TPSA) is 180 Å². The van der Waals surface area contributed by atoms with Gasteiger partial charge in [0, 0.05) is 19.2 Å². The van der Waals surface area contributed by atoms with Crippen molar-refractivity contribution in [2.24, 2.45) is 5.73 Å². The molecular weight excluding hydrogens is 510 g/mol. The van der Waals surface area contributed by atoms with E-state index in [1.165, 1.54) is 6.92 Å². The van der Waals surface area contributed by atoms with Gasteiger partial charge < -0.3 is 32.1 Å². The Morgan fingerprint density at radius 3 is 2.18 bits per heavy atom. The second-order valence-corrected chi connectivity index (χ2v) is 9.16. The summed E-state index contributed by atoms with van der Waals surface area (Å²) in [5.41, 5.74) is 6.32. The van der Waals surface area contributed by atoms with E-state index in [9.17, 15) is 29.1 Å². The highest BCUT2D eigenvalue weighted by molar-refractivity contribution is 7.80. The van der Waals surface area contributed by atoms with Crippen LogP contribution in [0.2, 0.25) is 0 Å². The molecule has 38 heavy (non-hydrogen) atoms. The Morgan fingerprint density at radius 1 is 0.868 bits per heavy atom. The lowest BCUT2D eigenvalue weighted by Gasteiger charge is -2.24. The predicted octanol–water partition coefficient (Wildman–Crippen LogP) is 0.464. The summed E-state index contributed by atoms with van der Waals surface area (Å²) in [4.78, 5) is 61.5. The fraction of sp³-hybridized carbons (Fsp3) is 0.423. The molecule has 7 N–H and O–H groups in total. The molecule has 0 saturated heterocycles. The highest BCUT2D eigenvalue weighted by Crippen LogP contribution is 2.18. The lowest BCUT2D eigenvalue weighted by Crippen LogP contribution is -2.57. The van der Waals surface area contributed by atoms with Gasteiger partial charge in [-0.1, -0.05) is 42.5 Å². The van der Waals surface area contributed by atoms with E-state index in [1.807, 2.05) is 42.5 Å². The molecule has 0 aliphatic carbocycles. The van der Waals surface area contributed by atoms with Crippen LogP contribution < -0.4 is 27.0 Å². The first-order chi connectivity index (χ1) is 18.2. The lowest BCUT2D eigenvalue weighted by molar-refractivity contribution is -0.141. The Balaban J connectivity index is 2.06. The molecule has 0 saturated carbocycles. The Kier molecular flexibility index (Phi) is 12.5. The number of carbonyl (C=O) groups excluding carboxylic acids is 4. The Labute approximate surface area is 226 Å². The third-order valence-electron chi connectivity index (χ3n) is 5.80. The van der Waals surface area contributed by atoms with E-state index in [-0.39, 0.29) is 12.3 Å². The fourth-order valence-electron chi connectivity index (χ4n) is 3.88. The van der Waals surface area contributed by atoms with Gasteiger partial charge in [-0.15, -0.1) is 0 Å². The summed E-state index contributed by atoms with van der Waals surface area (Å²) < 4.78 is 0. The number of rotatable bonds is 15. The van der Waals surface area contributed by atoms with Crippen molar-refractivity contribution in [3.63, 3.8) is 0 Å². The second kappa shape index (κ2) is 15.6. The van der Waals surface area contributed by atoms with Crippen molar-refractivity contribution in [1.29, 1.82) is 0 Å². The summed E-state index contributed by atoms with van der Waals surface area (Å²) in [5.74, 6) is -3.87. The number of unbranched alkanes of at least 4 members (excludes halogenated alkanes) is 1. The van der Waals surface area contributed by atoms with E-state index in [2.05, 4.69) is 33.9 Å². The van der Waals surface area contributed by atoms with Crippen molar-refractivity contribution in [2.75, 3.05) is 12.3 Å². The molecule has 0 radical (unpaired) electrons. The van der Waals surface area contributed by atoms with Crippen molar-refractivity contribution in [1.82, 2.24) is 21.3 Å². The summed E-state index contributed by atoms with van der Waals surface area (Å²) in [7, 11) is 0. The molecule has 2 aromatic rings. The van der Waals surface area contributed by atoms with Crippen LogP contribution in [0.4, 0.5) is 0 Å². The maximum atomic E-state index is 12.9. The number of hydrogen-bond donors (Lipinski definition) is 7. The van der Waals surface area contributed by atoms with Crippen LogP contribution in [0.5, 0.6) is 0 Å². The summed E-state index contributed by atoms with van der Waals surface area (Å²) in [5, 5.41) is 21.4. The summed E-state index contributed by atoms with van der Waals surface area (Å²) in [6.45, 7) is 1.84. The Morgan fingerprint density at radius 2 is 1.53 bits per heavy atom. The zero-order valence-electron chi connectivity index (χ0n) is 21.2. The standard InChI is InChI=1S/C26H35N5O6S/c1-16(32)29-20(11-4-5-12-27)25(36)31-22(15-38)26(37)30-21(13-23(33)34)24(35)28-14-18-9-6-8-17-7-2-3-10-19(17)18/h2-3,6-10,20-22,38H,4-5,11-15,27H2,1H3,(H,28,35)(H,29,32)(H,30,37)(H,31,36)(H,33,34)/t20-,21-,22?/m0/s1. The van der Waals surface area contributed by atoms with E-state index in [0.717, 1.165) is 16.3 Å². The summed E-state index contributed by atoms with van der Waals surface area (Å²) >= 11 is 4.12. The molecule has 11 nitrogen and oxygen atoms in total. The highest BCUT2D eigenvalue weighted by Gasteiger charge is 2.29. The summed E-state index contributed by atoms with van der Waals surface area (Å²) in [6, 6.07) is 9.83. The van der Waals surface area contributed by atoms with Crippen molar-refractivity contribution in [2.45, 2.75) is 57.3 Å². The van der Waals surface area contributed by atoms with E-state index in [4.69, 9.17) is 5.73 Å². The van der Waals surface area contributed by atoms with Crippen molar-refractivity contribution in [3.05, 3.63) is 48.0 Å². The van der Waals surface area contributed by atoms with Crippen LogP contribution in [-0.4, -0.2) is 65.1 Å². The molecule has 4 amide bonds. The monoisotopic (exact) mass is 545 g/mol. The second-order valence-electron chi connectivity index (χ2n) is 8.80. The maximum Gasteiger partial charge on any atom is 0.305 e. The molecule has 0 heterocycles. The van der Waals surface area contributed by atoms with E-state index >= 15 is 0 Å². The lowest BCUT2D eigenvalue weighted by atomic mass is 10.0. The zero-order chi connectivity index (χ0) is 28.1. The third kappa shape index (κ3) is 9.67. The Hall–Kier alpha value is -3.64. The first-order valence-electron chi connectivity index (χ1n) is 12.3. The average molecular weight is 546 g/mol. The van der Waals surface area contributed by atoms with Gasteiger partial charge in [0.05, 0.1) is 6.42 Å². The predicted molar refractivity (Wildman–Crippen MR) is 146 cm³/mol. The Bertz CT molecular complexity index is 1140. The number of nitrogens with one attached hydrogen (secondary N) is 4. The van der Waals surface area contributed by atoms with Crippen molar-refractivity contribution < 1.29 is 29.1 Å². The minimum Gasteiger partial charge on any atom is -0.481 e. The minimum atomic E-state index is -1.38. The van der Waals surface area contributed by atoms with Gasteiger partial charge in [0.1, 0.15) is 18.1 Å². The summed E-state index contributed by atoms with van der Waals surface area (Å²) in [6.07, 6.45) is 0.907. The van der Waals surface area contributed by atoms with E-state index < -0.39 is 54.1 Å². The molecule has 0 aliphatic rings. The molecule has 0 spiro atoms. The number of benzene rings is 2. The van der Waals surface area contributed by atoms with Gasteiger partial charge in [0.25, 0.3) is 0 Å². The van der Waals surface area contributed by atoms with Gasteiger partial charge in [0.2, 0.25) is 23.6 Å². The van der Waals surface area contributed by atoms with Crippen LogP contribution in [0, 0.1) is 0 Å². The molecular formula is C26H35N5O6S. The van der Waals surface area contributed by atoms with Crippen LogP contribution in [0.3, 0.4) is 0 Å². The van der Waals surface area contributed by atoms with Gasteiger partial charge in [0.15, 0.2) is 0 Å². The number of hydrogen-bond acceptors (Lipinski definition) is 7. The molecule has 1 unspecified atom stereocenters. The number of carbonyl (C=O) groups is 5. The maximum absolute atomic E-state index is 12.9. The molecule has 12 heteroatoms. The van der Waals surface area contributed by atoms with Gasteiger partial charge >= 0.3 is 5.97 Å². The normalized spacial score (nSPS) is 13.1. The molecule has 0 aliphatic heterocycles. The van der Waals surface area contributed by atoms with Gasteiger partial charge in [-0.25, -0.2) is 0 Å². The molecule has 0 bridgehead atoms. The zero-order valence-corrected chi connectivity index (χ0v) is 22.1. The van der Waals surface area contributed by atoms with E-state index in [0.29, 0.717) is 25.8 Å².